The molecule has 138 valence electrons. The Hall–Kier alpha value is -3.26. The van der Waals surface area contributed by atoms with Crippen LogP contribution in [0.3, 0.4) is 0 Å². The fourth-order valence-corrected chi connectivity index (χ4v) is 2.90. The zero-order chi connectivity index (χ0) is 19.1. The first kappa shape index (κ1) is 18.5. The number of aromatic nitrogens is 2. The molecular weight excluding hydrogens is 362 g/mol. The molecule has 0 atom stereocenters. The highest BCUT2D eigenvalue weighted by atomic mass is 32.1. The average Bonchev–Trinajstić information content (AvgIpc) is 3.16. The molecule has 3 amide bonds. The molecule has 0 fully saturated rings. The van der Waals surface area contributed by atoms with Crippen LogP contribution in [0.15, 0.2) is 54.6 Å². The Kier molecular flexibility index (Phi) is 6.11. The third-order valence-electron chi connectivity index (χ3n) is 3.67. The van der Waals surface area contributed by atoms with Gasteiger partial charge in [0.25, 0.3) is 5.91 Å². The molecule has 0 saturated carbocycles. The van der Waals surface area contributed by atoms with Crippen molar-refractivity contribution in [2.45, 2.75) is 20.0 Å². The minimum atomic E-state index is -0.325. The van der Waals surface area contributed by atoms with Gasteiger partial charge in [-0.3, -0.25) is 4.79 Å². The van der Waals surface area contributed by atoms with Gasteiger partial charge in [0.2, 0.25) is 5.01 Å². The molecule has 3 N–H and O–H groups in total. The summed E-state index contributed by atoms with van der Waals surface area (Å²) in [6, 6.07) is 16.8. The van der Waals surface area contributed by atoms with Crippen LogP contribution >= 0.6 is 11.3 Å². The SMILES string of the molecule is Cc1ccc(CNC(=O)NCc2nnc(C(=O)Nc3ccccc3)s2)cc1. The maximum Gasteiger partial charge on any atom is 0.315 e. The molecule has 8 heteroatoms. The Morgan fingerprint density at radius 2 is 1.63 bits per heavy atom. The number of carbonyl (C=O) groups is 2. The highest BCUT2D eigenvalue weighted by molar-refractivity contribution is 7.13. The average molecular weight is 381 g/mol. The predicted molar refractivity (Wildman–Crippen MR) is 105 cm³/mol. The van der Waals surface area contributed by atoms with Crippen LogP contribution in [0.2, 0.25) is 0 Å². The van der Waals surface area contributed by atoms with E-state index in [0.717, 1.165) is 16.9 Å². The number of benzene rings is 2. The Morgan fingerprint density at radius 1 is 0.926 bits per heavy atom. The summed E-state index contributed by atoms with van der Waals surface area (Å²) < 4.78 is 0. The third-order valence-corrected chi connectivity index (χ3v) is 4.59. The highest BCUT2D eigenvalue weighted by Gasteiger charge is 2.13. The molecule has 0 aliphatic heterocycles. The number of urea groups is 1. The van der Waals surface area contributed by atoms with Crippen molar-refractivity contribution in [2.24, 2.45) is 0 Å². The van der Waals surface area contributed by atoms with Crippen molar-refractivity contribution in [1.29, 1.82) is 0 Å². The van der Waals surface area contributed by atoms with E-state index < -0.39 is 0 Å². The van der Waals surface area contributed by atoms with Crippen LogP contribution in [0.1, 0.15) is 25.9 Å². The molecule has 3 rings (SSSR count). The Balaban J connectivity index is 1.45. The quantitative estimate of drug-likeness (QED) is 0.611. The number of carbonyl (C=O) groups excluding carboxylic acids is 2. The van der Waals surface area contributed by atoms with E-state index in [-0.39, 0.29) is 23.5 Å². The molecule has 0 unspecified atom stereocenters. The summed E-state index contributed by atoms with van der Waals surface area (Å²) in [5.41, 5.74) is 2.88. The number of hydrogen-bond donors (Lipinski definition) is 3. The maximum atomic E-state index is 12.1. The van der Waals surface area contributed by atoms with Crippen LogP contribution in [0.4, 0.5) is 10.5 Å². The molecule has 1 heterocycles. The molecule has 0 radical (unpaired) electrons. The van der Waals surface area contributed by atoms with E-state index in [0.29, 0.717) is 17.2 Å². The third kappa shape index (κ3) is 5.61. The van der Waals surface area contributed by atoms with Gasteiger partial charge in [-0.25, -0.2) is 4.79 Å². The number of amides is 3. The van der Waals surface area contributed by atoms with E-state index in [1.165, 1.54) is 5.56 Å². The van der Waals surface area contributed by atoms with Gasteiger partial charge in [0.1, 0.15) is 5.01 Å². The van der Waals surface area contributed by atoms with E-state index in [9.17, 15) is 9.59 Å². The lowest BCUT2D eigenvalue weighted by Gasteiger charge is -2.06. The van der Waals surface area contributed by atoms with Crippen LogP contribution in [0.25, 0.3) is 0 Å². The number of nitrogens with one attached hydrogen (secondary N) is 3. The van der Waals surface area contributed by atoms with Crippen molar-refractivity contribution >= 4 is 29.0 Å². The van der Waals surface area contributed by atoms with Gasteiger partial charge >= 0.3 is 6.03 Å². The standard InChI is InChI=1S/C19H19N5O2S/c1-13-7-9-14(10-8-13)11-20-19(26)21-12-16-23-24-18(27-16)17(25)22-15-5-3-2-4-6-15/h2-10H,11-12H2,1H3,(H,22,25)(H2,20,21,26). The second kappa shape index (κ2) is 8.91. The molecule has 7 nitrogen and oxygen atoms in total. The lowest BCUT2D eigenvalue weighted by molar-refractivity contribution is 0.102. The van der Waals surface area contributed by atoms with Crippen molar-refractivity contribution in [2.75, 3.05) is 5.32 Å². The molecule has 0 aliphatic rings. The van der Waals surface area contributed by atoms with Crippen LogP contribution in [0.5, 0.6) is 0 Å². The van der Waals surface area contributed by atoms with Gasteiger partial charge in [-0.15, -0.1) is 10.2 Å². The summed E-state index contributed by atoms with van der Waals surface area (Å²) in [5, 5.41) is 16.9. The van der Waals surface area contributed by atoms with Gasteiger partial charge in [-0.05, 0) is 24.6 Å². The van der Waals surface area contributed by atoms with Gasteiger partial charge in [-0.1, -0.05) is 59.4 Å². The van der Waals surface area contributed by atoms with Crippen molar-refractivity contribution in [3.63, 3.8) is 0 Å². The molecule has 0 aliphatic carbocycles. The molecular formula is C19H19N5O2S. The van der Waals surface area contributed by atoms with E-state index in [1.54, 1.807) is 12.1 Å². The first-order valence-electron chi connectivity index (χ1n) is 8.36. The maximum absolute atomic E-state index is 12.1. The number of anilines is 1. The van der Waals surface area contributed by atoms with Crippen molar-refractivity contribution in [3.05, 3.63) is 75.7 Å². The van der Waals surface area contributed by atoms with E-state index in [4.69, 9.17) is 0 Å². The van der Waals surface area contributed by atoms with Crippen molar-refractivity contribution < 1.29 is 9.59 Å². The zero-order valence-electron chi connectivity index (χ0n) is 14.7. The molecule has 0 saturated heterocycles. The summed E-state index contributed by atoms with van der Waals surface area (Å²) >= 11 is 1.14. The fraction of sp³-hybridized carbons (Fsp3) is 0.158. The predicted octanol–water partition coefficient (Wildman–Crippen LogP) is 3.10. The number of para-hydroxylation sites is 1. The monoisotopic (exact) mass is 381 g/mol. The normalized spacial score (nSPS) is 10.3. The van der Waals surface area contributed by atoms with Gasteiger partial charge in [0, 0.05) is 12.2 Å². The number of rotatable bonds is 6. The second-order valence-electron chi connectivity index (χ2n) is 5.84. The van der Waals surface area contributed by atoms with Gasteiger partial charge in [-0.2, -0.15) is 0 Å². The van der Waals surface area contributed by atoms with E-state index in [2.05, 4.69) is 26.1 Å². The smallest absolute Gasteiger partial charge is 0.315 e. The summed E-state index contributed by atoms with van der Waals surface area (Å²) in [6.45, 7) is 2.66. The topological polar surface area (TPSA) is 96.0 Å². The molecule has 3 aromatic rings. The van der Waals surface area contributed by atoms with Crippen molar-refractivity contribution in [1.82, 2.24) is 20.8 Å². The highest BCUT2D eigenvalue weighted by Crippen LogP contribution is 2.13. The van der Waals surface area contributed by atoms with Gasteiger partial charge in [0.15, 0.2) is 0 Å². The minimum absolute atomic E-state index is 0.204. The lowest BCUT2D eigenvalue weighted by Crippen LogP contribution is -2.34. The largest absolute Gasteiger partial charge is 0.334 e. The summed E-state index contributed by atoms with van der Waals surface area (Å²) in [6.07, 6.45) is 0. The molecule has 0 spiro atoms. The molecule has 1 aromatic heterocycles. The first-order chi connectivity index (χ1) is 13.1. The molecule has 27 heavy (non-hydrogen) atoms. The molecule has 0 bridgehead atoms. The van der Waals surface area contributed by atoms with E-state index >= 15 is 0 Å². The van der Waals surface area contributed by atoms with Crippen LogP contribution in [0, 0.1) is 6.92 Å². The lowest BCUT2D eigenvalue weighted by atomic mass is 10.1. The zero-order valence-corrected chi connectivity index (χ0v) is 15.5. The number of nitrogens with zero attached hydrogens (tertiary/aromatic N) is 2. The Morgan fingerprint density at radius 3 is 2.37 bits per heavy atom. The second-order valence-corrected chi connectivity index (χ2v) is 6.91. The minimum Gasteiger partial charge on any atom is -0.334 e. The van der Waals surface area contributed by atoms with Crippen LogP contribution < -0.4 is 16.0 Å². The Labute approximate surface area is 160 Å². The summed E-state index contributed by atoms with van der Waals surface area (Å²) in [4.78, 5) is 24.0. The Bertz CT molecular complexity index is 909. The number of hydrogen-bond acceptors (Lipinski definition) is 5. The summed E-state index contributed by atoms with van der Waals surface area (Å²) in [5.74, 6) is -0.325. The van der Waals surface area contributed by atoms with Crippen LogP contribution in [-0.4, -0.2) is 22.1 Å². The first-order valence-corrected chi connectivity index (χ1v) is 9.18. The summed E-state index contributed by atoms with van der Waals surface area (Å²) in [7, 11) is 0. The fourth-order valence-electron chi connectivity index (χ4n) is 2.23. The number of aryl methyl sites for hydroxylation is 1. The van der Waals surface area contributed by atoms with Crippen LogP contribution in [-0.2, 0) is 13.1 Å². The van der Waals surface area contributed by atoms with E-state index in [1.807, 2.05) is 49.4 Å². The van der Waals surface area contributed by atoms with Gasteiger partial charge in [0.05, 0.1) is 6.54 Å². The molecule has 2 aromatic carbocycles. The van der Waals surface area contributed by atoms with Crippen molar-refractivity contribution in [3.8, 4) is 0 Å². The van der Waals surface area contributed by atoms with Gasteiger partial charge < -0.3 is 16.0 Å².